The molecule has 8 heteroatoms. The number of carbonyl (C=O) groups is 1. The number of amides is 1. The Morgan fingerprint density at radius 2 is 1.67 bits per heavy atom. The molecular formula is C19H20F2N2O3S. The maximum absolute atomic E-state index is 13.1. The third kappa shape index (κ3) is 5.21. The van der Waals surface area contributed by atoms with E-state index in [9.17, 15) is 22.0 Å². The van der Waals surface area contributed by atoms with Crippen LogP contribution in [0.5, 0.6) is 0 Å². The van der Waals surface area contributed by atoms with Crippen molar-refractivity contribution < 1.29 is 22.0 Å². The van der Waals surface area contributed by atoms with Gasteiger partial charge in [0.25, 0.3) is 0 Å². The summed E-state index contributed by atoms with van der Waals surface area (Å²) in [6, 6.07) is 9.16. The fourth-order valence-electron chi connectivity index (χ4n) is 2.39. The number of benzene rings is 2. The van der Waals surface area contributed by atoms with E-state index in [1.54, 1.807) is 26.0 Å². The Hall–Kier alpha value is -2.58. The number of hydrogen-bond acceptors (Lipinski definition) is 3. The highest BCUT2D eigenvalue weighted by Gasteiger charge is 2.20. The van der Waals surface area contributed by atoms with Crippen molar-refractivity contribution in [2.24, 2.45) is 0 Å². The zero-order chi connectivity index (χ0) is 20.0. The Morgan fingerprint density at radius 3 is 2.22 bits per heavy atom. The SMILES string of the molecule is CCN(CC)S(=O)(=O)c1ccc(C=CC(=O)Nc2ccc(F)c(F)c2)cc1. The van der Waals surface area contributed by atoms with E-state index in [4.69, 9.17) is 0 Å². The molecule has 5 nitrogen and oxygen atoms in total. The number of halogens is 2. The molecule has 144 valence electrons. The number of carbonyl (C=O) groups excluding carboxylic acids is 1. The smallest absolute Gasteiger partial charge is 0.248 e. The van der Waals surface area contributed by atoms with E-state index in [-0.39, 0.29) is 10.6 Å². The van der Waals surface area contributed by atoms with Gasteiger partial charge < -0.3 is 5.32 Å². The van der Waals surface area contributed by atoms with Crippen LogP contribution in [-0.4, -0.2) is 31.7 Å². The second kappa shape index (κ2) is 8.88. The Morgan fingerprint density at radius 1 is 1.04 bits per heavy atom. The molecule has 0 aliphatic rings. The lowest BCUT2D eigenvalue weighted by Crippen LogP contribution is -2.30. The molecule has 0 aliphatic heterocycles. The average molecular weight is 394 g/mol. The quantitative estimate of drug-likeness (QED) is 0.729. The van der Waals surface area contributed by atoms with E-state index in [2.05, 4.69) is 5.32 Å². The minimum absolute atomic E-state index is 0.129. The van der Waals surface area contributed by atoms with Crippen LogP contribution in [0.2, 0.25) is 0 Å². The maximum atomic E-state index is 13.1. The predicted molar refractivity (Wildman–Crippen MR) is 101 cm³/mol. The summed E-state index contributed by atoms with van der Waals surface area (Å²) in [5.41, 5.74) is 0.748. The van der Waals surface area contributed by atoms with Crippen molar-refractivity contribution >= 4 is 27.7 Å². The maximum Gasteiger partial charge on any atom is 0.248 e. The van der Waals surface area contributed by atoms with Crippen LogP contribution >= 0.6 is 0 Å². The van der Waals surface area contributed by atoms with E-state index in [0.29, 0.717) is 18.7 Å². The lowest BCUT2D eigenvalue weighted by atomic mass is 10.2. The van der Waals surface area contributed by atoms with Gasteiger partial charge in [-0.1, -0.05) is 26.0 Å². The Labute approximate surface area is 157 Å². The number of sulfonamides is 1. The van der Waals surface area contributed by atoms with Gasteiger partial charge in [0.1, 0.15) is 0 Å². The Balaban J connectivity index is 2.07. The summed E-state index contributed by atoms with van der Waals surface area (Å²) >= 11 is 0. The van der Waals surface area contributed by atoms with Gasteiger partial charge in [-0.25, -0.2) is 17.2 Å². The molecular weight excluding hydrogens is 374 g/mol. The first-order valence-corrected chi connectivity index (χ1v) is 9.76. The number of rotatable bonds is 7. The zero-order valence-corrected chi connectivity index (χ0v) is 15.8. The number of nitrogens with zero attached hydrogens (tertiary/aromatic N) is 1. The first-order chi connectivity index (χ1) is 12.8. The topological polar surface area (TPSA) is 66.5 Å². The molecule has 0 spiro atoms. The highest BCUT2D eigenvalue weighted by atomic mass is 32.2. The van der Waals surface area contributed by atoms with Gasteiger partial charge in [-0.15, -0.1) is 0 Å². The second-order valence-corrected chi connectivity index (χ2v) is 7.55. The second-order valence-electron chi connectivity index (χ2n) is 5.61. The van der Waals surface area contributed by atoms with E-state index >= 15 is 0 Å². The van der Waals surface area contributed by atoms with Crippen LogP contribution in [0.1, 0.15) is 19.4 Å². The average Bonchev–Trinajstić information content (AvgIpc) is 2.64. The van der Waals surface area contributed by atoms with E-state index < -0.39 is 27.6 Å². The van der Waals surface area contributed by atoms with Gasteiger partial charge in [0.2, 0.25) is 15.9 Å². The number of anilines is 1. The molecule has 0 radical (unpaired) electrons. The number of nitrogens with one attached hydrogen (secondary N) is 1. The largest absolute Gasteiger partial charge is 0.322 e. The first-order valence-electron chi connectivity index (χ1n) is 8.32. The van der Waals surface area contributed by atoms with Crippen LogP contribution in [0.4, 0.5) is 14.5 Å². The normalized spacial score (nSPS) is 11.9. The molecule has 1 amide bonds. The van der Waals surface area contributed by atoms with Crippen molar-refractivity contribution in [3.05, 3.63) is 65.7 Å². The van der Waals surface area contributed by atoms with Gasteiger partial charge in [0.05, 0.1) is 4.90 Å². The first kappa shape index (κ1) is 20.7. The molecule has 0 fully saturated rings. The van der Waals surface area contributed by atoms with Crippen LogP contribution in [-0.2, 0) is 14.8 Å². The van der Waals surface area contributed by atoms with Gasteiger partial charge in [0.15, 0.2) is 11.6 Å². The third-order valence-electron chi connectivity index (χ3n) is 3.84. The summed E-state index contributed by atoms with van der Waals surface area (Å²) in [6.07, 6.45) is 2.71. The fraction of sp³-hybridized carbons (Fsp3) is 0.211. The van der Waals surface area contributed by atoms with E-state index in [1.807, 2.05) is 0 Å². The summed E-state index contributed by atoms with van der Waals surface area (Å²) < 4.78 is 52.2. The summed E-state index contributed by atoms with van der Waals surface area (Å²) in [4.78, 5) is 12.0. The summed E-state index contributed by atoms with van der Waals surface area (Å²) in [6.45, 7) is 4.29. The third-order valence-corrected chi connectivity index (χ3v) is 5.90. The van der Waals surface area contributed by atoms with Gasteiger partial charge in [0, 0.05) is 30.9 Å². The zero-order valence-electron chi connectivity index (χ0n) is 14.9. The lowest BCUT2D eigenvalue weighted by molar-refractivity contribution is -0.111. The molecule has 0 aromatic heterocycles. The van der Waals surface area contributed by atoms with E-state index in [1.165, 1.54) is 34.7 Å². The summed E-state index contributed by atoms with van der Waals surface area (Å²) in [7, 11) is -3.53. The lowest BCUT2D eigenvalue weighted by Gasteiger charge is -2.18. The summed E-state index contributed by atoms with van der Waals surface area (Å²) in [5, 5.41) is 2.41. The molecule has 0 bridgehead atoms. The monoisotopic (exact) mass is 394 g/mol. The van der Waals surface area contributed by atoms with Crippen LogP contribution in [0.25, 0.3) is 6.08 Å². The van der Waals surface area contributed by atoms with Crippen molar-refractivity contribution in [1.29, 1.82) is 0 Å². The van der Waals surface area contributed by atoms with Crippen LogP contribution < -0.4 is 5.32 Å². The molecule has 0 saturated heterocycles. The molecule has 27 heavy (non-hydrogen) atoms. The minimum atomic E-state index is -3.53. The van der Waals surface area contributed by atoms with Gasteiger partial charge in [-0.05, 0) is 35.9 Å². The van der Waals surface area contributed by atoms with Gasteiger partial charge in [-0.3, -0.25) is 4.79 Å². The standard InChI is InChI=1S/C19H20F2N2O3S/c1-3-23(4-2)27(25,26)16-9-5-14(6-10-16)7-12-19(24)22-15-8-11-17(20)18(21)13-15/h5-13H,3-4H2,1-2H3,(H,22,24). The number of hydrogen-bond donors (Lipinski definition) is 1. The van der Waals surface area contributed by atoms with Crippen LogP contribution in [0.3, 0.4) is 0 Å². The van der Waals surface area contributed by atoms with Gasteiger partial charge in [-0.2, -0.15) is 4.31 Å². The van der Waals surface area contributed by atoms with Crippen molar-refractivity contribution in [1.82, 2.24) is 4.31 Å². The Kier molecular flexibility index (Phi) is 6.81. The molecule has 0 saturated carbocycles. The minimum Gasteiger partial charge on any atom is -0.322 e. The molecule has 2 aromatic rings. The predicted octanol–water partition coefficient (Wildman–Crippen LogP) is 3.65. The van der Waals surface area contributed by atoms with Crippen molar-refractivity contribution in [2.75, 3.05) is 18.4 Å². The molecule has 0 heterocycles. The van der Waals surface area contributed by atoms with Crippen molar-refractivity contribution in [3.8, 4) is 0 Å². The molecule has 0 unspecified atom stereocenters. The molecule has 2 aromatic carbocycles. The Bertz CT molecular complexity index is 938. The molecule has 0 aliphatic carbocycles. The van der Waals surface area contributed by atoms with Crippen molar-refractivity contribution in [3.63, 3.8) is 0 Å². The summed E-state index contributed by atoms with van der Waals surface area (Å²) in [5.74, 6) is -2.58. The van der Waals surface area contributed by atoms with Crippen molar-refractivity contribution in [2.45, 2.75) is 18.7 Å². The van der Waals surface area contributed by atoms with Crippen LogP contribution in [0, 0.1) is 11.6 Å². The molecule has 2 rings (SSSR count). The molecule has 0 atom stereocenters. The fourth-order valence-corrected chi connectivity index (χ4v) is 3.85. The highest BCUT2D eigenvalue weighted by Crippen LogP contribution is 2.17. The van der Waals surface area contributed by atoms with Crippen LogP contribution in [0.15, 0.2) is 53.4 Å². The molecule has 1 N–H and O–H groups in total. The van der Waals surface area contributed by atoms with E-state index in [0.717, 1.165) is 12.1 Å². The highest BCUT2D eigenvalue weighted by molar-refractivity contribution is 7.89. The van der Waals surface area contributed by atoms with Gasteiger partial charge >= 0.3 is 0 Å².